The Morgan fingerprint density at radius 1 is 1.10 bits per heavy atom. The lowest BCUT2D eigenvalue weighted by atomic mass is 10.1. The molecule has 156 valence electrons. The van der Waals surface area contributed by atoms with Crippen molar-refractivity contribution in [1.29, 1.82) is 0 Å². The lowest BCUT2D eigenvalue weighted by Crippen LogP contribution is -2.31. The summed E-state index contributed by atoms with van der Waals surface area (Å²) < 4.78 is 40.3. The molecule has 0 aliphatic rings. The summed E-state index contributed by atoms with van der Waals surface area (Å²) in [5, 5.41) is 5.70. The molecule has 29 heavy (non-hydrogen) atoms. The van der Waals surface area contributed by atoms with Gasteiger partial charge in [-0.3, -0.25) is 4.79 Å². The number of nitrogens with zero attached hydrogens (tertiary/aromatic N) is 1. The molecule has 4 N–H and O–H groups in total. The SMILES string of the molecule is CCCNC(=O)c1cccc(CN=C(N)NCc2ccc(OC(F)(F)F)cc2)c1. The van der Waals surface area contributed by atoms with Crippen LogP contribution in [0.3, 0.4) is 0 Å². The number of amides is 1. The maximum absolute atomic E-state index is 12.2. The van der Waals surface area contributed by atoms with E-state index in [2.05, 4.69) is 20.4 Å². The molecule has 0 aromatic heterocycles. The van der Waals surface area contributed by atoms with Gasteiger partial charge in [0.15, 0.2) is 5.96 Å². The molecule has 0 bridgehead atoms. The highest BCUT2D eigenvalue weighted by Gasteiger charge is 2.30. The van der Waals surface area contributed by atoms with Crippen molar-refractivity contribution in [3.63, 3.8) is 0 Å². The van der Waals surface area contributed by atoms with Gasteiger partial charge in [-0.25, -0.2) is 4.99 Å². The van der Waals surface area contributed by atoms with Crippen LogP contribution in [0.4, 0.5) is 13.2 Å². The topological polar surface area (TPSA) is 88.7 Å². The molecule has 0 saturated carbocycles. The molecule has 0 unspecified atom stereocenters. The number of nitrogens with one attached hydrogen (secondary N) is 2. The molecule has 6 nitrogen and oxygen atoms in total. The molecule has 0 saturated heterocycles. The number of hydrogen-bond acceptors (Lipinski definition) is 3. The number of aliphatic imine (C=N–C) groups is 1. The predicted molar refractivity (Wildman–Crippen MR) is 104 cm³/mol. The lowest BCUT2D eigenvalue weighted by Gasteiger charge is -2.10. The molecule has 1 amide bonds. The van der Waals surface area contributed by atoms with Crippen LogP contribution in [-0.2, 0) is 13.1 Å². The number of alkyl halides is 3. The van der Waals surface area contributed by atoms with E-state index in [0.717, 1.165) is 12.0 Å². The summed E-state index contributed by atoms with van der Waals surface area (Å²) in [6.45, 7) is 3.17. The average Bonchev–Trinajstić information content (AvgIpc) is 2.69. The quantitative estimate of drug-likeness (QED) is 0.462. The molecular weight excluding hydrogens is 385 g/mol. The first-order chi connectivity index (χ1) is 13.8. The lowest BCUT2D eigenvalue weighted by molar-refractivity contribution is -0.274. The Labute approximate surface area is 167 Å². The zero-order chi connectivity index (χ0) is 21.3. The second kappa shape index (κ2) is 10.4. The number of hydrogen-bond donors (Lipinski definition) is 3. The van der Waals surface area contributed by atoms with Crippen LogP contribution in [0.15, 0.2) is 53.5 Å². The molecular formula is C20H23F3N4O2. The van der Waals surface area contributed by atoms with Gasteiger partial charge < -0.3 is 21.1 Å². The van der Waals surface area contributed by atoms with Crippen molar-refractivity contribution in [1.82, 2.24) is 10.6 Å². The van der Waals surface area contributed by atoms with E-state index in [1.165, 1.54) is 24.3 Å². The van der Waals surface area contributed by atoms with Crippen molar-refractivity contribution in [2.24, 2.45) is 10.7 Å². The molecule has 0 aliphatic heterocycles. The van der Waals surface area contributed by atoms with Crippen molar-refractivity contribution in [3.8, 4) is 5.75 Å². The smallest absolute Gasteiger partial charge is 0.406 e. The minimum absolute atomic E-state index is 0.137. The molecule has 2 rings (SSSR count). The van der Waals surface area contributed by atoms with Gasteiger partial charge in [0.25, 0.3) is 5.91 Å². The average molecular weight is 408 g/mol. The van der Waals surface area contributed by atoms with E-state index in [4.69, 9.17) is 5.73 Å². The zero-order valence-electron chi connectivity index (χ0n) is 15.9. The highest BCUT2D eigenvalue weighted by atomic mass is 19.4. The van der Waals surface area contributed by atoms with Crippen LogP contribution < -0.4 is 21.1 Å². The van der Waals surface area contributed by atoms with Crippen LogP contribution in [0, 0.1) is 0 Å². The highest BCUT2D eigenvalue weighted by molar-refractivity contribution is 5.94. The first kappa shape index (κ1) is 22.1. The summed E-state index contributed by atoms with van der Waals surface area (Å²) >= 11 is 0. The fourth-order valence-corrected chi connectivity index (χ4v) is 2.39. The Bertz CT molecular complexity index is 836. The maximum atomic E-state index is 12.2. The molecule has 2 aromatic carbocycles. The zero-order valence-corrected chi connectivity index (χ0v) is 15.9. The third kappa shape index (κ3) is 8.12. The Morgan fingerprint density at radius 2 is 1.83 bits per heavy atom. The number of ether oxygens (including phenoxy) is 1. The second-order valence-corrected chi connectivity index (χ2v) is 6.20. The van der Waals surface area contributed by atoms with Crippen molar-refractivity contribution in [2.45, 2.75) is 32.8 Å². The minimum atomic E-state index is -4.72. The fourth-order valence-electron chi connectivity index (χ4n) is 2.39. The number of carbonyl (C=O) groups is 1. The molecule has 0 atom stereocenters. The van der Waals surface area contributed by atoms with Gasteiger partial charge in [-0.05, 0) is 41.8 Å². The van der Waals surface area contributed by atoms with Crippen LogP contribution in [0.5, 0.6) is 5.75 Å². The summed E-state index contributed by atoms with van der Waals surface area (Å²) in [6.07, 6.45) is -3.86. The second-order valence-electron chi connectivity index (χ2n) is 6.20. The summed E-state index contributed by atoms with van der Waals surface area (Å²) in [7, 11) is 0. The monoisotopic (exact) mass is 408 g/mol. The summed E-state index contributed by atoms with van der Waals surface area (Å²) in [4.78, 5) is 16.2. The predicted octanol–water partition coefficient (Wildman–Crippen LogP) is 3.33. The van der Waals surface area contributed by atoms with E-state index < -0.39 is 6.36 Å². The van der Waals surface area contributed by atoms with Crippen LogP contribution in [0.25, 0.3) is 0 Å². The number of carbonyl (C=O) groups excluding carboxylic acids is 1. The molecule has 0 spiro atoms. The number of nitrogens with two attached hydrogens (primary N) is 1. The summed E-state index contributed by atoms with van der Waals surface area (Å²) in [6, 6.07) is 12.6. The third-order valence-electron chi connectivity index (χ3n) is 3.79. The van der Waals surface area contributed by atoms with E-state index >= 15 is 0 Å². The normalized spacial score (nSPS) is 11.8. The first-order valence-corrected chi connectivity index (χ1v) is 9.02. The Kier molecular flexibility index (Phi) is 7.88. The molecule has 9 heteroatoms. The van der Waals surface area contributed by atoms with Gasteiger partial charge in [0.05, 0.1) is 6.54 Å². The molecule has 0 heterocycles. The van der Waals surface area contributed by atoms with Gasteiger partial charge in [-0.1, -0.05) is 31.2 Å². The number of benzene rings is 2. The Morgan fingerprint density at radius 3 is 2.48 bits per heavy atom. The molecule has 0 aliphatic carbocycles. The van der Waals surface area contributed by atoms with E-state index in [1.54, 1.807) is 18.2 Å². The maximum Gasteiger partial charge on any atom is 0.573 e. The van der Waals surface area contributed by atoms with Crippen LogP contribution in [-0.4, -0.2) is 24.8 Å². The van der Waals surface area contributed by atoms with Crippen molar-refractivity contribution in [3.05, 3.63) is 65.2 Å². The van der Waals surface area contributed by atoms with E-state index in [0.29, 0.717) is 24.2 Å². The van der Waals surface area contributed by atoms with Gasteiger partial charge >= 0.3 is 6.36 Å². The fraction of sp³-hybridized carbons (Fsp3) is 0.300. The third-order valence-corrected chi connectivity index (χ3v) is 3.79. The molecule has 2 aromatic rings. The van der Waals surface area contributed by atoms with Crippen LogP contribution >= 0.6 is 0 Å². The van der Waals surface area contributed by atoms with Gasteiger partial charge in [0.2, 0.25) is 0 Å². The van der Waals surface area contributed by atoms with Gasteiger partial charge in [0, 0.05) is 18.7 Å². The van der Waals surface area contributed by atoms with Crippen LogP contribution in [0.2, 0.25) is 0 Å². The first-order valence-electron chi connectivity index (χ1n) is 9.02. The highest BCUT2D eigenvalue weighted by Crippen LogP contribution is 2.22. The van der Waals surface area contributed by atoms with Crippen molar-refractivity contribution in [2.75, 3.05) is 6.54 Å². The Balaban J connectivity index is 1.87. The number of guanidine groups is 1. The summed E-state index contributed by atoms with van der Waals surface area (Å²) in [5.74, 6) is -0.242. The molecule has 0 fully saturated rings. The van der Waals surface area contributed by atoms with E-state index in [9.17, 15) is 18.0 Å². The molecule has 0 radical (unpaired) electrons. The number of rotatable bonds is 8. The van der Waals surface area contributed by atoms with E-state index in [1.807, 2.05) is 13.0 Å². The van der Waals surface area contributed by atoms with Gasteiger partial charge in [0.1, 0.15) is 5.75 Å². The minimum Gasteiger partial charge on any atom is -0.406 e. The summed E-state index contributed by atoms with van der Waals surface area (Å²) in [5.41, 5.74) is 7.93. The standard InChI is InChI=1S/C20H23F3N4O2/c1-2-10-25-18(28)16-5-3-4-15(11-16)13-27-19(24)26-12-14-6-8-17(9-7-14)29-20(21,22)23/h3-9,11H,2,10,12-13H2,1H3,(H,25,28)(H3,24,26,27). The van der Waals surface area contributed by atoms with E-state index in [-0.39, 0.29) is 24.2 Å². The van der Waals surface area contributed by atoms with Crippen molar-refractivity contribution >= 4 is 11.9 Å². The van der Waals surface area contributed by atoms with Gasteiger partial charge in [-0.2, -0.15) is 0 Å². The van der Waals surface area contributed by atoms with Gasteiger partial charge in [-0.15, -0.1) is 13.2 Å². The van der Waals surface area contributed by atoms with Crippen LogP contribution in [0.1, 0.15) is 34.8 Å². The Hall–Kier alpha value is -3.23. The largest absolute Gasteiger partial charge is 0.573 e. The van der Waals surface area contributed by atoms with Crippen molar-refractivity contribution < 1.29 is 22.7 Å². The number of halogens is 3.